The molecule has 182 valence electrons. The number of aliphatic hydroxyl groups is 1. The summed E-state index contributed by atoms with van der Waals surface area (Å²) in [7, 11) is 0. The van der Waals surface area contributed by atoms with E-state index in [-0.39, 0.29) is 25.0 Å². The zero-order chi connectivity index (χ0) is 23.4. The number of cyclic esters (lactones) is 1. The number of fused-ring (bicyclic) bond motifs is 2. The summed E-state index contributed by atoms with van der Waals surface area (Å²) in [4.78, 5) is 44.1. The van der Waals surface area contributed by atoms with Crippen LogP contribution in [0.25, 0.3) is 0 Å². The normalized spacial score (nSPS) is 35.0. The fourth-order valence-corrected chi connectivity index (χ4v) is 5.70. The molecule has 1 spiro atoms. The van der Waals surface area contributed by atoms with Gasteiger partial charge in [0.15, 0.2) is 0 Å². The third kappa shape index (κ3) is 4.35. The van der Waals surface area contributed by atoms with E-state index in [1.807, 2.05) is 24.3 Å². The Bertz CT molecular complexity index is 811. The van der Waals surface area contributed by atoms with Crippen LogP contribution < -0.4 is 0 Å². The number of nitrogens with zero attached hydrogens (tertiary/aromatic N) is 2. The number of aliphatic hydroxyl groups excluding tert-OH is 1. The quantitative estimate of drug-likeness (QED) is 0.354. The molecule has 0 aromatic heterocycles. The lowest BCUT2D eigenvalue weighted by Gasteiger charge is -2.35. The first-order valence-corrected chi connectivity index (χ1v) is 12.4. The van der Waals surface area contributed by atoms with E-state index in [0.29, 0.717) is 26.1 Å². The van der Waals surface area contributed by atoms with Gasteiger partial charge in [0.05, 0.1) is 18.6 Å². The lowest BCUT2D eigenvalue weighted by atomic mass is 9.78. The molecule has 0 aromatic rings. The van der Waals surface area contributed by atoms with Gasteiger partial charge in [-0.05, 0) is 32.1 Å². The second kappa shape index (κ2) is 10.4. The number of amides is 2. The number of esters is 1. The van der Waals surface area contributed by atoms with Crippen LogP contribution in [-0.2, 0) is 23.9 Å². The number of carbonyl (C=O) groups excluding carboxylic acids is 3. The van der Waals surface area contributed by atoms with Crippen LogP contribution in [0.1, 0.15) is 51.9 Å². The fourth-order valence-electron chi connectivity index (χ4n) is 5.70. The van der Waals surface area contributed by atoms with Gasteiger partial charge < -0.3 is 24.4 Å². The maximum Gasteiger partial charge on any atom is 0.312 e. The van der Waals surface area contributed by atoms with E-state index in [2.05, 4.69) is 6.92 Å². The molecule has 0 bridgehead atoms. The van der Waals surface area contributed by atoms with E-state index < -0.39 is 35.6 Å². The lowest BCUT2D eigenvalue weighted by molar-refractivity contribution is -0.155. The van der Waals surface area contributed by atoms with Gasteiger partial charge in [0.25, 0.3) is 0 Å². The maximum absolute atomic E-state index is 13.8. The van der Waals surface area contributed by atoms with Crippen LogP contribution in [0.15, 0.2) is 24.3 Å². The Kier molecular flexibility index (Phi) is 7.54. The summed E-state index contributed by atoms with van der Waals surface area (Å²) in [5.74, 6) is -2.46. The molecule has 0 aromatic carbocycles. The first kappa shape index (κ1) is 24.0. The van der Waals surface area contributed by atoms with Crippen LogP contribution in [0.2, 0.25) is 0 Å². The van der Waals surface area contributed by atoms with Crippen molar-refractivity contribution in [3.05, 3.63) is 24.3 Å². The second-order valence-corrected chi connectivity index (χ2v) is 9.44. The summed E-state index contributed by atoms with van der Waals surface area (Å²) < 4.78 is 12.1. The SMILES string of the molecule is CCCCCN1CC=C[C@]23O[C@@H]4/C=C\CCCCOC(=O)[C@@H]4[C@H]2C(=O)N(CCCO)C3C1=O. The third-order valence-corrected chi connectivity index (χ3v) is 7.27. The van der Waals surface area contributed by atoms with Crippen molar-refractivity contribution in [2.24, 2.45) is 11.8 Å². The molecule has 8 heteroatoms. The van der Waals surface area contributed by atoms with Gasteiger partial charge in [-0.1, -0.05) is 44.1 Å². The Hall–Kier alpha value is -2.19. The molecule has 1 unspecified atom stereocenters. The zero-order valence-corrected chi connectivity index (χ0v) is 19.5. The molecule has 0 radical (unpaired) electrons. The standard InChI is InChI=1S/C25H36N2O6/c1-2-3-7-13-26-14-9-12-25-20(22(29)27(15-10-16-28)21(25)23(26)30)19-18(33-25)11-6-4-5-8-17-32-24(19)31/h6,9,11-12,18-21,28H,2-5,7-8,10,13-17H2,1H3/b11-6-/t18-,19+,20+,21?,25+/m1/s1. The Balaban J connectivity index is 1.73. The minimum absolute atomic E-state index is 0.0872. The van der Waals surface area contributed by atoms with E-state index in [1.165, 1.54) is 4.90 Å². The molecule has 2 saturated heterocycles. The first-order valence-electron chi connectivity index (χ1n) is 12.4. The van der Waals surface area contributed by atoms with Crippen LogP contribution in [0.3, 0.4) is 0 Å². The molecule has 5 atom stereocenters. The lowest BCUT2D eigenvalue weighted by Crippen LogP contribution is -2.55. The number of ether oxygens (including phenoxy) is 2. The topological polar surface area (TPSA) is 96.4 Å². The number of unbranched alkanes of at least 4 members (excludes halogenated alkanes) is 2. The molecular formula is C25H36N2O6. The smallest absolute Gasteiger partial charge is 0.312 e. The highest BCUT2D eigenvalue weighted by atomic mass is 16.6. The van der Waals surface area contributed by atoms with Crippen LogP contribution in [-0.4, -0.2) is 83.3 Å². The minimum Gasteiger partial charge on any atom is -0.465 e. The summed E-state index contributed by atoms with van der Waals surface area (Å²) in [6, 6.07) is -0.847. The van der Waals surface area contributed by atoms with Crippen LogP contribution in [0, 0.1) is 11.8 Å². The molecule has 1 N–H and O–H groups in total. The number of carbonyl (C=O) groups is 3. The number of rotatable bonds is 7. The molecule has 0 aliphatic carbocycles. The van der Waals surface area contributed by atoms with Gasteiger partial charge in [-0.3, -0.25) is 14.4 Å². The highest BCUT2D eigenvalue weighted by molar-refractivity contribution is 5.99. The maximum atomic E-state index is 13.8. The van der Waals surface area contributed by atoms with Crippen LogP contribution >= 0.6 is 0 Å². The van der Waals surface area contributed by atoms with Crippen molar-refractivity contribution in [1.29, 1.82) is 0 Å². The molecule has 2 fully saturated rings. The first-order chi connectivity index (χ1) is 16.0. The van der Waals surface area contributed by atoms with E-state index >= 15 is 0 Å². The van der Waals surface area contributed by atoms with Gasteiger partial charge >= 0.3 is 5.97 Å². The summed E-state index contributed by atoms with van der Waals surface area (Å²) in [5, 5.41) is 9.42. The molecule has 8 nitrogen and oxygen atoms in total. The predicted molar refractivity (Wildman–Crippen MR) is 121 cm³/mol. The largest absolute Gasteiger partial charge is 0.465 e. The highest BCUT2D eigenvalue weighted by Gasteiger charge is 2.71. The minimum atomic E-state index is -1.21. The monoisotopic (exact) mass is 460 g/mol. The number of allylic oxidation sites excluding steroid dienone is 1. The summed E-state index contributed by atoms with van der Waals surface area (Å²) in [6.45, 7) is 3.66. The molecule has 4 rings (SSSR count). The molecule has 2 amide bonds. The van der Waals surface area contributed by atoms with Gasteiger partial charge in [-0.2, -0.15) is 0 Å². The highest BCUT2D eigenvalue weighted by Crippen LogP contribution is 2.53. The van der Waals surface area contributed by atoms with Crippen molar-refractivity contribution in [2.45, 2.75) is 69.6 Å². The van der Waals surface area contributed by atoms with E-state index in [9.17, 15) is 19.5 Å². The van der Waals surface area contributed by atoms with Crippen LogP contribution in [0.4, 0.5) is 0 Å². The van der Waals surface area contributed by atoms with Gasteiger partial charge in [0.1, 0.15) is 17.6 Å². The van der Waals surface area contributed by atoms with Crippen molar-refractivity contribution < 1.29 is 29.0 Å². The molecule has 33 heavy (non-hydrogen) atoms. The van der Waals surface area contributed by atoms with Gasteiger partial charge in [-0.25, -0.2) is 0 Å². The Morgan fingerprint density at radius 2 is 1.94 bits per heavy atom. The summed E-state index contributed by atoms with van der Waals surface area (Å²) in [6.07, 6.45) is 12.9. The van der Waals surface area contributed by atoms with Gasteiger partial charge in [0, 0.05) is 26.2 Å². The van der Waals surface area contributed by atoms with Crippen LogP contribution in [0.5, 0.6) is 0 Å². The Morgan fingerprint density at radius 1 is 1.09 bits per heavy atom. The number of likely N-dealkylation sites (tertiary alicyclic amines) is 1. The fraction of sp³-hybridized carbons (Fsp3) is 0.720. The average Bonchev–Trinajstić information content (AvgIpc) is 3.19. The van der Waals surface area contributed by atoms with E-state index in [1.54, 1.807) is 4.90 Å². The average molecular weight is 461 g/mol. The van der Waals surface area contributed by atoms with Crippen molar-refractivity contribution in [3.8, 4) is 0 Å². The van der Waals surface area contributed by atoms with Crippen molar-refractivity contribution in [2.75, 3.05) is 32.8 Å². The Labute approximate surface area is 195 Å². The number of hydrogen-bond acceptors (Lipinski definition) is 6. The molecule has 4 heterocycles. The third-order valence-electron chi connectivity index (χ3n) is 7.27. The summed E-state index contributed by atoms with van der Waals surface area (Å²) >= 11 is 0. The second-order valence-electron chi connectivity index (χ2n) is 9.44. The summed E-state index contributed by atoms with van der Waals surface area (Å²) in [5.41, 5.74) is -1.21. The van der Waals surface area contributed by atoms with Gasteiger partial charge in [-0.15, -0.1) is 0 Å². The molecular weight excluding hydrogens is 424 g/mol. The van der Waals surface area contributed by atoms with Crippen molar-refractivity contribution >= 4 is 17.8 Å². The zero-order valence-electron chi connectivity index (χ0n) is 19.5. The molecule has 0 saturated carbocycles. The van der Waals surface area contributed by atoms with Crippen molar-refractivity contribution in [3.63, 3.8) is 0 Å². The molecule has 4 aliphatic rings. The molecule has 4 aliphatic heterocycles. The van der Waals surface area contributed by atoms with E-state index in [0.717, 1.165) is 38.5 Å². The van der Waals surface area contributed by atoms with Crippen molar-refractivity contribution in [1.82, 2.24) is 9.80 Å². The van der Waals surface area contributed by atoms with E-state index in [4.69, 9.17) is 9.47 Å². The predicted octanol–water partition coefficient (Wildman–Crippen LogP) is 1.82. The number of hydrogen-bond donors (Lipinski definition) is 1. The van der Waals surface area contributed by atoms with Gasteiger partial charge in [0.2, 0.25) is 11.8 Å². The Morgan fingerprint density at radius 3 is 2.73 bits per heavy atom.